The number of unbranched alkanes of at least 4 members (excludes halogenated alkanes) is 1. The Morgan fingerprint density at radius 2 is 0.962 bits per heavy atom. The van der Waals surface area contributed by atoms with Crippen molar-refractivity contribution < 1.29 is 4.42 Å². The molecule has 9 rings (SSSR count). The third kappa shape index (κ3) is 5.78. The van der Waals surface area contributed by atoms with Gasteiger partial charge in [-0.15, -0.1) is 10.2 Å². The summed E-state index contributed by atoms with van der Waals surface area (Å²) in [6, 6.07) is 60.4. The maximum absolute atomic E-state index is 6.04. The van der Waals surface area contributed by atoms with Gasteiger partial charge in [0.25, 0.3) is 0 Å². The molecule has 9 aromatic rings. The van der Waals surface area contributed by atoms with Gasteiger partial charge in [-0.25, -0.2) is 0 Å². The Kier molecular flexibility index (Phi) is 8.26. The van der Waals surface area contributed by atoms with Crippen LogP contribution >= 0.6 is 0 Å². The van der Waals surface area contributed by atoms with Gasteiger partial charge in [0, 0.05) is 27.6 Å². The van der Waals surface area contributed by atoms with E-state index < -0.39 is 0 Å². The van der Waals surface area contributed by atoms with Gasteiger partial charge in [0.05, 0.1) is 11.0 Å². The summed E-state index contributed by atoms with van der Waals surface area (Å²) in [5.41, 5.74) is 13.9. The van der Waals surface area contributed by atoms with Crippen LogP contribution in [0.2, 0.25) is 0 Å². The lowest BCUT2D eigenvalue weighted by molar-refractivity contribution is 0.584. The van der Waals surface area contributed by atoms with Crippen LogP contribution in [0, 0.1) is 0 Å². The number of fused-ring (bicyclic) bond motifs is 3. The molecule has 0 saturated carbocycles. The molecule has 0 spiro atoms. The monoisotopic (exact) mass is 671 g/mol. The molecule has 0 bridgehead atoms. The number of benzene rings is 7. The van der Waals surface area contributed by atoms with E-state index in [9.17, 15) is 0 Å². The molecule has 250 valence electrons. The second-order valence-electron chi connectivity index (χ2n) is 13.3. The Balaban J connectivity index is 1.12. The minimum atomic E-state index is 0.505. The molecule has 0 atom stereocenters. The summed E-state index contributed by atoms with van der Waals surface area (Å²) in [5.74, 6) is 1.02. The largest absolute Gasteiger partial charge is 0.416 e. The minimum absolute atomic E-state index is 0.505. The van der Waals surface area contributed by atoms with E-state index in [0.29, 0.717) is 11.8 Å². The van der Waals surface area contributed by atoms with Crippen LogP contribution in [0.25, 0.3) is 83.8 Å². The molecule has 0 saturated heterocycles. The molecule has 0 fully saturated rings. The molecule has 0 N–H and O–H groups in total. The highest BCUT2D eigenvalue weighted by Gasteiger charge is 2.17. The fourth-order valence-electron chi connectivity index (χ4n) is 7.40. The topological polar surface area (TPSA) is 43.9 Å². The van der Waals surface area contributed by atoms with Crippen LogP contribution in [-0.4, -0.2) is 14.8 Å². The van der Waals surface area contributed by atoms with Gasteiger partial charge in [0.2, 0.25) is 11.8 Å². The predicted octanol–water partition coefficient (Wildman–Crippen LogP) is 12.8. The number of para-hydroxylation sites is 1. The molecule has 2 aromatic heterocycles. The minimum Gasteiger partial charge on any atom is -0.416 e. The molecule has 2 heterocycles. The van der Waals surface area contributed by atoms with Crippen LogP contribution in [0.1, 0.15) is 25.3 Å². The van der Waals surface area contributed by atoms with Crippen molar-refractivity contribution in [2.75, 3.05) is 0 Å². The SMILES string of the molecule is CCCCc1ccc2c(c1)c1cc(-c3ccccc3-c3ccccc3-c3ccc(-c4nnc(-c5ccccc5)o4)cc3)ccc1n2-c1ccccc1. The van der Waals surface area contributed by atoms with E-state index in [2.05, 4.69) is 161 Å². The standard InChI is InChI=1S/C48H37N3O/c1-2-3-14-33-23-29-45-43(31-33)44-32-37(28-30-46(44)51(45)38-17-8-5-9-18-38)40-20-11-13-22-42(40)41-21-12-10-19-39(41)34-24-26-36(27-25-34)48-50-49-47(52-48)35-15-6-4-7-16-35/h4-13,15-32H,2-3,14H2,1H3. The Bertz CT molecular complexity index is 2650. The number of rotatable bonds is 9. The highest BCUT2D eigenvalue weighted by atomic mass is 16.4. The summed E-state index contributed by atoms with van der Waals surface area (Å²) in [6.07, 6.45) is 3.47. The van der Waals surface area contributed by atoms with Gasteiger partial charge in [-0.1, -0.05) is 123 Å². The molecule has 7 aromatic carbocycles. The van der Waals surface area contributed by atoms with Gasteiger partial charge >= 0.3 is 0 Å². The van der Waals surface area contributed by atoms with Crippen LogP contribution in [0.5, 0.6) is 0 Å². The number of aryl methyl sites for hydroxylation is 1. The summed E-state index contributed by atoms with van der Waals surface area (Å²) >= 11 is 0. The van der Waals surface area contributed by atoms with Crippen molar-refractivity contribution in [2.24, 2.45) is 0 Å². The van der Waals surface area contributed by atoms with Gasteiger partial charge < -0.3 is 8.98 Å². The average molecular weight is 672 g/mol. The van der Waals surface area contributed by atoms with Crippen molar-refractivity contribution >= 4 is 21.8 Å². The molecule has 0 unspecified atom stereocenters. The average Bonchev–Trinajstić information content (AvgIpc) is 3.84. The maximum Gasteiger partial charge on any atom is 0.248 e. The Labute approximate surface area is 303 Å². The molecule has 0 amide bonds. The van der Waals surface area contributed by atoms with E-state index in [0.717, 1.165) is 23.1 Å². The van der Waals surface area contributed by atoms with Crippen LogP contribution in [0.15, 0.2) is 174 Å². The van der Waals surface area contributed by atoms with Gasteiger partial charge in [0.15, 0.2) is 0 Å². The molecular weight excluding hydrogens is 635 g/mol. The number of nitrogens with zero attached hydrogens (tertiary/aromatic N) is 3. The summed E-state index contributed by atoms with van der Waals surface area (Å²) in [6.45, 7) is 2.26. The van der Waals surface area contributed by atoms with Crippen molar-refractivity contribution in [3.05, 3.63) is 175 Å². The van der Waals surface area contributed by atoms with E-state index in [4.69, 9.17) is 4.42 Å². The van der Waals surface area contributed by atoms with Crippen LogP contribution in [0.3, 0.4) is 0 Å². The number of hydrogen-bond acceptors (Lipinski definition) is 3. The lowest BCUT2D eigenvalue weighted by Gasteiger charge is -2.15. The fourth-order valence-corrected chi connectivity index (χ4v) is 7.40. The molecule has 0 aliphatic rings. The normalized spacial score (nSPS) is 11.4. The van der Waals surface area contributed by atoms with E-state index >= 15 is 0 Å². The van der Waals surface area contributed by atoms with E-state index in [1.165, 1.54) is 73.7 Å². The molecule has 4 heteroatoms. The second kappa shape index (κ2) is 13.7. The maximum atomic E-state index is 6.04. The van der Waals surface area contributed by atoms with Crippen LogP contribution in [0.4, 0.5) is 0 Å². The molecule has 0 aliphatic heterocycles. The Morgan fingerprint density at radius 1 is 0.462 bits per heavy atom. The first-order chi connectivity index (χ1) is 25.7. The van der Waals surface area contributed by atoms with Gasteiger partial charge in [-0.3, -0.25) is 0 Å². The Hall–Kier alpha value is -6.52. The smallest absolute Gasteiger partial charge is 0.248 e. The first-order valence-corrected chi connectivity index (χ1v) is 18.1. The second-order valence-corrected chi connectivity index (χ2v) is 13.3. The molecular formula is C48H37N3O. The molecule has 0 aliphatic carbocycles. The van der Waals surface area contributed by atoms with Gasteiger partial charge in [-0.2, -0.15) is 0 Å². The quantitative estimate of drug-likeness (QED) is 0.153. The van der Waals surface area contributed by atoms with Crippen molar-refractivity contribution in [3.63, 3.8) is 0 Å². The fraction of sp³-hybridized carbons (Fsp3) is 0.0833. The zero-order valence-corrected chi connectivity index (χ0v) is 29.0. The first kappa shape index (κ1) is 31.5. The first-order valence-electron chi connectivity index (χ1n) is 18.1. The molecule has 4 nitrogen and oxygen atoms in total. The molecule has 0 radical (unpaired) electrons. The Morgan fingerprint density at radius 3 is 1.62 bits per heavy atom. The predicted molar refractivity (Wildman–Crippen MR) is 214 cm³/mol. The van der Waals surface area contributed by atoms with E-state index in [1.807, 2.05) is 30.3 Å². The third-order valence-electron chi connectivity index (χ3n) is 10.0. The van der Waals surface area contributed by atoms with Gasteiger partial charge in [-0.05, 0) is 112 Å². The summed E-state index contributed by atoms with van der Waals surface area (Å²) in [4.78, 5) is 0. The highest BCUT2D eigenvalue weighted by molar-refractivity contribution is 6.11. The van der Waals surface area contributed by atoms with Crippen molar-refractivity contribution in [3.8, 4) is 62.0 Å². The summed E-state index contributed by atoms with van der Waals surface area (Å²) in [7, 11) is 0. The van der Waals surface area contributed by atoms with E-state index in [-0.39, 0.29) is 0 Å². The lowest BCUT2D eigenvalue weighted by Crippen LogP contribution is -1.93. The number of aromatic nitrogens is 3. The highest BCUT2D eigenvalue weighted by Crippen LogP contribution is 2.41. The summed E-state index contributed by atoms with van der Waals surface area (Å²) < 4.78 is 8.45. The zero-order valence-electron chi connectivity index (χ0n) is 29.0. The third-order valence-corrected chi connectivity index (χ3v) is 10.0. The van der Waals surface area contributed by atoms with E-state index in [1.54, 1.807) is 0 Å². The van der Waals surface area contributed by atoms with Crippen LogP contribution < -0.4 is 0 Å². The number of hydrogen-bond donors (Lipinski definition) is 0. The molecule has 52 heavy (non-hydrogen) atoms. The lowest BCUT2D eigenvalue weighted by atomic mass is 9.89. The van der Waals surface area contributed by atoms with Crippen LogP contribution in [-0.2, 0) is 6.42 Å². The van der Waals surface area contributed by atoms with Crippen molar-refractivity contribution in [2.45, 2.75) is 26.2 Å². The van der Waals surface area contributed by atoms with Crippen molar-refractivity contribution in [1.82, 2.24) is 14.8 Å². The summed E-state index contributed by atoms with van der Waals surface area (Å²) in [5, 5.41) is 11.2. The zero-order chi connectivity index (χ0) is 34.9. The van der Waals surface area contributed by atoms with Gasteiger partial charge in [0.1, 0.15) is 0 Å². The van der Waals surface area contributed by atoms with Crippen molar-refractivity contribution in [1.29, 1.82) is 0 Å².